The Morgan fingerprint density at radius 1 is 1.67 bits per heavy atom. The number of carbonyl (C=O) groups is 1. The van der Waals surface area contributed by atoms with E-state index in [9.17, 15) is 4.79 Å². The van der Waals surface area contributed by atoms with Crippen molar-refractivity contribution in [2.45, 2.75) is 25.2 Å². The zero-order valence-corrected chi connectivity index (χ0v) is 8.35. The van der Waals surface area contributed by atoms with E-state index in [1.165, 1.54) is 0 Å². The topological polar surface area (TPSA) is 30.2 Å². The second-order valence-corrected chi connectivity index (χ2v) is 4.18. The minimum atomic E-state index is -0.272. The number of Topliss-reactive ketones (excluding diaryl/α,β-unsaturated/α-hetero) is 1. The molecular formula is C9H9BrO2. The van der Waals surface area contributed by atoms with Crippen molar-refractivity contribution in [2.24, 2.45) is 0 Å². The summed E-state index contributed by atoms with van der Waals surface area (Å²) >= 11 is 3.30. The van der Waals surface area contributed by atoms with E-state index in [1.54, 1.807) is 13.2 Å². The lowest BCUT2D eigenvalue weighted by Crippen LogP contribution is -2.15. The molecule has 0 bridgehead atoms. The van der Waals surface area contributed by atoms with Crippen molar-refractivity contribution in [2.75, 3.05) is 0 Å². The molecular weight excluding hydrogens is 220 g/mol. The van der Waals surface area contributed by atoms with Crippen LogP contribution in [0.3, 0.4) is 0 Å². The number of halogens is 1. The Morgan fingerprint density at radius 3 is 2.67 bits per heavy atom. The van der Waals surface area contributed by atoms with Crippen molar-refractivity contribution in [3.8, 4) is 0 Å². The van der Waals surface area contributed by atoms with Gasteiger partial charge in [-0.15, -0.1) is 0 Å². The van der Waals surface area contributed by atoms with E-state index in [4.69, 9.17) is 4.42 Å². The van der Waals surface area contributed by atoms with Gasteiger partial charge in [0.05, 0.1) is 9.89 Å². The molecule has 1 aromatic heterocycles. The quantitative estimate of drug-likeness (QED) is 0.780. The number of hydrogen-bond acceptors (Lipinski definition) is 2. The van der Waals surface area contributed by atoms with E-state index in [0.29, 0.717) is 0 Å². The third-order valence-corrected chi connectivity index (χ3v) is 2.88. The second-order valence-electron chi connectivity index (χ2n) is 3.27. The maximum absolute atomic E-state index is 11.3. The maximum atomic E-state index is 11.3. The van der Waals surface area contributed by atoms with Crippen LogP contribution in [-0.2, 0) is 10.2 Å². The number of hydrogen-bond donors (Lipinski definition) is 0. The van der Waals surface area contributed by atoms with Gasteiger partial charge in [0, 0.05) is 0 Å². The largest absolute Gasteiger partial charge is 0.467 e. The summed E-state index contributed by atoms with van der Waals surface area (Å²) < 4.78 is 6.19. The van der Waals surface area contributed by atoms with Crippen LogP contribution in [0.25, 0.3) is 0 Å². The Hall–Kier alpha value is -0.570. The van der Waals surface area contributed by atoms with Gasteiger partial charge in [-0.1, -0.05) is 0 Å². The van der Waals surface area contributed by atoms with Gasteiger partial charge in [-0.25, -0.2) is 0 Å². The summed E-state index contributed by atoms with van der Waals surface area (Å²) in [6, 6.07) is 1.88. The molecule has 3 heteroatoms. The number of carbonyl (C=O) groups excluding carboxylic acids is 1. The fraction of sp³-hybridized carbons (Fsp3) is 0.444. The molecule has 1 aromatic rings. The van der Waals surface area contributed by atoms with Crippen LogP contribution in [0, 0.1) is 0 Å². The van der Waals surface area contributed by atoms with Crippen LogP contribution in [0.5, 0.6) is 0 Å². The van der Waals surface area contributed by atoms with Crippen molar-refractivity contribution >= 4 is 21.7 Å². The summed E-state index contributed by atoms with van der Waals surface area (Å²) in [6.45, 7) is 1.63. The standard InChI is InChI=1S/C9H9BrO2/c1-6(11)9(2-3-9)8-4-7(10)5-12-8/h4-5H,2-3H2,1H3. The molecule has 0 amide bonds. The summed E-state index contributed by atoms with van der Waals surface area (Å²) in [5.74, 6) is 1.02. The lowest BCUT2D eigenvalue weighted by Gasteiger charge is -2.05. The van der Waals surface area contributed by atoms with Crippen LogP contribution in [0.1, 0.15) is 25.5 Å². The smallest absolute Gasteiger partial charge is 0.143 e. The van der Waals surface area contributed by atoms with Crippen molar-refractivity contribution in [3.63, 3.8) is 0 Å². The summed E-state index contributed by atoms with van der Waals surface area (Å²) in [4.78, 5) is 11.3. The van der Waals surface area contributed by atoms with E-state index in [-0.39, 0.29) is 11.2 Å². The average molecular weight is 229 g/mol. The Bertz CT molecular complexity index is 323. The van der Waals surface area contributed by atoms with Crippen LogP contribution in [0.15, 0.2) is 21.2 Å². The first-order valence-electron chi connectivity index (χ1n) is 3.91. The van der Waals surface area contributed by atoms with Crippen molar-refractivity contribution in [1.82, 2.24) is 0 Å². The van der Waals surface area contributed by atoms with Gasteiger partial charge in [0.15, 0.2) is 0 Å². The van der Waals surface area contributed by atoms with Gasteiger partial charge < -0.3 is 4.42 Å². The van der Waals surface area contributed by atoms with E-state index < -0.39 is 0 Å². The molecule has 1 saturated carbocycles. The summed E-state index contributed by atoms with van der Waals surface area (Å²) in [5.41, 5.74) is -0.272. The highest BCUT2D eigenvalue weighted by Crippen LogP contribution is 2.49. The third-order valence-electron chi connectivity index (χ3n) is 2.46. The number of ketones is 1. The molecule has 0 saturated heterocycles. The lowest BCUT2D eigenvalue weighted by atomic mass is 9.99. The molecule has 1 fully saturated rings. The Balaban J connectivity index is 2.36. The lowest BCUT2D eigenvalue weighted by molar-refractivity contribution is -0.119. The van der Waals surface area contributed by atoms with Crippen molar-refractivity contribution in [3.05, 3.63) is 22.6 Å². The molecule has 12 heavy (non-hydrogen) atoms. The molecule has 0 atom stereocenters. The molecule has 0 aromatic carbocycles. The van der Waals surface area contributed by atoms with E-state index in [0.717, 1.165) is 23.1 Å². The van der Waals surface area contributed by atoms with Gasteiger partial charge in [-0.2, -0.15) is 0 Å². The van der Waals surface area contributed by atoms with Crippen LogP contribution >= 0.6 is 15.9 Å². The van der Waals surface area contributed by atoms with E-state index in [2.05, 4.69) is 15.9 Å². The van der Waals surface area contributed by atoms with Crippen molar-refractivity contribution < 1.29 is 9.21 Å². The predicted octanol–water partition coefficient (Wildman–Crippen LogP) is 2.66. The molecule has 64 valence electrons. The summed E-state index contributed by atoms with van der Waals surface area (Å²) in [6.07, 6.45) is 3.49. The Labute approximate surface area is 79.1 Å². The van der Waals surface area contributed by atoms with Crippen LogP contribution in [-0.4, -0.2) is 5.78 Å². The van der Waals surface area contributed by atoms with E-state index >= 15 is 0 Å². The van der Waals surface area contributed by atoms with Crippen LogP contribution in [0.2, 0.25) is 0 Å². The van der Waals surface area contributed by atoms with Gasteiger partial charge in [-0.05, 0) is 41.8 Å². The van der Waals surface area contributed by atoms with Crippen LogP contribution in [0.4, 0.5) is 0 Å². The molecule has 1 heterocycles. The molecule has 1 aliphatic rings. The molecule has 2 rings (SSSR count). The first kappa shape index (κ1) is 8.05. The summed E-state index contributed by atoms with van der Waals surface area (Å²) in [5, 5.41) is 0. The Morgan fingerprint density at radius 2 is 2.33 bits per heavy atom. The molecule has 0 unspecified atom stereocenters. The predicted molar refractivity (Wildman–Crippen MR) is 48.0 cm³/mol. The molecule has 0 radical (unpaired) electrons. The first-order valence-corrected chi connectivity index (χ1v) is 4.70. The summed E-state index contributed by atoms with van der Waals surface area (Å²) in [7, 11) is 0. The monoisotopic (exact) mass is 228 g/mol. The van der Waals surface area contributed by atoms with Crippen LogP contribution < -0.4 is 0 Å². The molecule has 0 spiro atoms. The molecule has 2 nitrogen and oxygen atoms in total. The SMILES string of the molecule is CC(=O)C1(c2cc(Br)co2)CC1. The van der Waals surface area contributed by atoms with E-state index in [1.807, 2.05) is 6.07 Å². The van der Waals surface area contributed by atoms with Gasteiger partial charge in [0.25, 0.3) is 0 Å². The molecule has 1 aliphatic carbocycles. The highest BCUT2D eigenvalue weighted by atomic mass is 79.9. The number of furan rings is 1. The average Bonchev–Trinajstić information content (AvgIpc) is 2.71. The zero-order valence-electron chi connectivity index (χ0n) is 6.76. The molecule has 0 aliphatic heterocycles. The zero-order chi connectivity index (χ0) is 8.77. The highest BCUT2D eigenvalue weighted by Gasteiger charge is 2.51. The second kappa shape index (κ2) is 2.46. The Kier molecular flexibility index (Phi) is 1.65. The minimum Gasteiger partial charge on any atom is -0.467 e. The fourth-order valence-electron chi connectivity index (χ4n) is 1.46. The normalized spacial score (nSPS) is 19.2. The van der Waals surface area contributed by atoms with Gasteiger partial charge in [0.2, 0.25) is 0 Å². The third kappa shape index (κ3) is 1.04. The maximum Gasteiger partial charge on any atom is 0.143 e. The first-order chi connectivity index (χ1) is 5.65. The van der Waals surface area contributed by atoms with Gasteiger partial charge in [0.1, 0.15) is 17.8 Å². The van der Waals surface area contributed by atoms with Gasteiger partial charge >= 0.3 is 0 Å². The van der Waals surface area contributed by atoms with Crippen molar-refractivity contribution in [1.29, 1.82) is 0 Å². The fourth-order valence-corrected chi connectivity index (χ4v) is 1.76. The molecule has 0 N–H and O–H groups in total. The highest BCUT2D eigenvalue weighted by molar-refractivity contribution is 9.10. The minimum absolute atomic E-state index is 0.212. The number of rotatable bonds is 2. The van der Waals surface area contributed by atoms with Gasteiger partial charge in [-0.3, -0.25) is 4.79 Å².